The Balaban J connectivity index is 1.46. The fraction of sp³-hybridized carbons (Fsp3) is 0.111. The summed E-state index contributed by atoms with van der Waals surface area (Å²) in [6.45, 7) is 0. The van der Waals surface area contributed by atoms with Crippen molar-refractivity contribution in [1.29, 1.82) is 0 Å². The Morgan fingerprint density at radius 3 is 2.54 bits per heavy atom. The van der Waals surface area contributed by atoms with E-state index in [4.69, 9.17) is 0 Å². The van der Waals surface area contributed by atoms with Crippen molar-refractivity contribution in [2.24, 2.45) is 0 Å². The van der Waals surface area contributed by atoms with Crippen molar-refractivity contribution >= 4 is 39.3 Å². The standard InChI is InChI=1S/C18H16BrN3OS/c19-15-4-6-16(7-5-15)21-18(23)13-24-12-14-2-8-17(9-3-14)22-11-1-10-20-22/h1-11H,12-13H2,(H,21,23). The summed E-state index contributed by atoms with van der Waals surface area (Å²) in [7, 11) is 0. The minimum atomic E-state index is 0.00971. The molecular formula is C18H16BrN3OS. The number of anilines is 1. The van der Waals surface area contributed by atoms with E-state index in [1.165, 1.54) is 5.56 Å². The van der Waals surface area contributed by atoms with Gasteiger partial charge in [0, 0.05) is 28.3 Å². The van der Waals surface area contributed by atoms with E-state index in [0.29, 0.717) is 5.75 Å². The molecule has 24 heavy (non-hydrogen) atoms. The van der Waals surface area contributed by atoms with Gasteiger partial charge in [0.1, 0.15) is 0 Å². The summed E-state index contributed by atoms with van der Waals surface area (Å²) in [5.41, 5.74) is 3.03. The smallest absolute Gasteiger partial charge is 0.234 e. The molecule has 0 fully saturated rings. The fourth-order valence-electron chi connectivity index (χ4n) is 2.16. The summed E-state index contributed by atoms with van der Waals surface area (Å²) in [5.74, 6) is 1.24. The van der Waals surface area contributed by atoms with Crippen molar-refractivity contribution in [1.82, 2.24) is 9.78 Å². The van der Waals surface area contributed by atoms with Gasteiger partial charge in [0.15, 0.2) is 0 Å². The number of aromatic nitrogens is 2. The number of amides is 1. The average Bonchev–Trinajstić information content (AvgIpc) is 3.12. The average molecular weight is 402 g/mol. The zero-order valence-corrected chi connectivity index (χ0v) is 15.3. The van der Waals surface area contributed by atoms with Crippen LogP contribution >= 0.6 is 27.7 Å². The Labute approximate surface area is 153 Å². The van der Waals surface area contributed by atoms with Crippen LogP contribution in [0.5, 0.6) is 0 Å². The molecule has 2 aromatic carbocycles. The summed E-state index contributed by atoms with van der Waals surface area (Å²) in [4.78, 5) is 11.9. The molecule has 0 saturated heterocycles. The van der Waals surface area contributed by atoms with Crippen molar-refractivity contribution in [2.75, 3.05) is 11.1 Å². The molecule has 0 aliphatic carbocycles. The van der Waals surface area contributed by atoms with Crippen LogP contribution in [0.1, 0.15) is 5.56 Å². The highest BCUT2D eigenvalue weighted by Gasteiger charge is 2.04. The summed E-state index contributed by atoms with van der Waals surface area (Å²) in [6.07, 6.45) is 3.67. The van der Waals surface area contributed by atoms with E-state index in [2.05, 4.69) is 38.5 Å². The number of nitrogens with one attached hydrogen (secondary N) is 1. The molecule has 0 aliphatic rings. The van der Waals surface area contributed by atoms with Crippen molar-refractivity contribution in [2.45, 2.75) is 5.75 Å². The van der Waals surface area contributed by atoms with Crippen LogP contribution in [0.3, 0.4) is 0 Å². The Morgan fingerprint density at radius 2 is 1.88 bits per heavy atom. The Hall–Kier alpha value is -2.05. The highest BCUT2D eigenvalue weighted by atomic mass is 79.9. The van der Waals surface area contributed by atoms with Crippen molar-refractivity contribution in [3.63, 3.8) is 0 Å². The molecule has 0 spiro atoms. The minimum Gasteiger partial charge on any atom is -0.325 e. The maximum atomic E-state index is 11.9. The first-order valence-corrected chi connectivity index (χ1v) is 9.37. The van der Waals surface area contributed by atoms with Crippen LogP contribution in [0.15, 0.2) is 71.5 Å². The quantitative estimate of drug-likeness (QED) is 0.660. The molecule has 0 aliphatic heterocycles. The van der Waals surface area contributed by atoms with Gasteiger partial charge in [0.05, 0.1) is 11.4 Å². The first-order valence-electron chi connectivity index (χ1n) is 7.43. The monoisotopic (exact) mass is 401 g/mol. The molecule has 1 heterocycles. The van der Waals surface area contributed by atoms with Crippen LogP contribution in [0.4, 0.5) is 5.69 Å². The summed E-state index contributed by atoms with van der Waals surface area (Å²) in [5, 5.41) is 7.09. The maximum absolute atomic E-state index is 11.9. The van der Waals surface area contributed by atoms with Gasteiger partial charge >= 0.3 is 0 Å². The summed E-state index contributed by atoms with van der Waals surface area (Å²) < 4.78 is 2.82. The number of nitrogens with zero attached hydrogens (tertiary/aromatic N) is 2. The molecule has 0 bridgehead atoms. The Kier molecular flexibility index (Phi) is 5.72. The number of hydrogen-bond acceptors (Lipinski definition) is 3. The van der Waals surface area contributed by atoms with E-state index in [1.54, 1.807) is 18.0 Å². The van der Waals surface area contributed by atoms with E-state index in [-0.39, 0.29) is 5.91 Å². The second kappa shape index (κ2) is 8.17. The molecule has 1 aromatic heterocycles. The first kappa shape index (κ1) is 16.8. The number of thioether (sulfide) groups is 1. The minimum absolute atomic E-state index is 0.00971. The maximum Gasteiger partial charge on any atom is 0.234 e. The van der Waals surface area contributed by atoms with E-state index in [0.717, 1.165) is 21.6 Å². The predicted molar refractivity (Wildman–Crippen MR) is 102 cm³/mol. The lowest BCUT2D eigenvalue weighted by Gasteiger charge is -2.06. The van der Waals surface area contributed by atoms with Crippen molar-refractivity contribution in [3.8, 4) is 5.69 Å². The molecule has 3 aromatic rings. The largest absolute Gasteiger partial charge is 0.325 e. The molecule has 4 nitrogen and oxygen atoms in total. The highest BCUT2D eigenvalue weighted by molar-refractivity contribution is 9.10. The van der Waals surface area contributed by atoms with Gasteiger partial charge in [-0.05, 0) is 48.0 Å². The molecular weight excluding hydrogens is 386 g/mol. The third-order valence-corrected chi connectivity index (χ3v) is 4.87. The lowest BCUT2D eigenvalue weighted by atomic mass is 10.2. The molecule has 1 amide bonds. The fourth-order valence-corrected chi connectivity index (χ4v) is 3.21. The summed E-state index contributed by atoms with van der Waals surface area (Å²) in [6, 6.07) is 17.7. The van der Waals surface area contributed by atoms with Gasteiger partial charge in [-0.2, -0.15) is 5.10 Å². The third kappa shape index (κ3) is 4.72. The zero-order chi connectivity index (χ0) is 16.8. The predicted octanol–water partition coefficient (Wildman–Crippen LogP) is 4.51. The van der Waals surface area contributed by atoms with E-state index < -0.39 is 0 Å². The van der Waals surface area contributed by atoms with Gasteiger partial charge in [0.25, 0.3) is 0 Å². The van der Waals surface area contributed by atoms with E-state index in [1.807, 2.05) is 53.3 Å². The summed E-state index contributed by atoms with van der Waals surface area (Å²) >= 11 is 4.97. The molecule has 0 atom stereocenters. The molecule has 6 heteroatoms. The highest BCUT2D eigenvalue weighted by Crippen LogP contribution is 2.17. The second-order valence-electron chi connectivity index (χ2n) is 5.16. The molecule has 3 rings (SSSR count). The molecule has 0 radical (unpaired) electrons. The SMILES string of the molecule is O=C(CSCc1ccc(-n2cccn2)cc1)Nc1ccc(Br)cc1. The van der Waals surface area contributed by atoms with Crippen molar-refractivity contribution in [3.05, 3.63) is 77.0 Å². The van der Waals surface area contributed by atoms with Crippen LogP contribution in [0.2, 0.25) is 0 Å². The van der Waals surface area contributed by atoms with Gasteiger partial charge in [0.2, 0.25) is 5.91 Å². The number of benzene rings is 2. The lowest BCUT2D eigenvalue weighted by Crippen LogP contribution is -2.14. The van der Waals surface area contributed by atoms with Crippen LogP contribution in [0.25, 0.3) is 5.69 Å². The molecule has 0 unspecified atom stereocenters. The van der Waals surface area contributed by atoms with Gasteiger partial charge in [-0.1, -0.05) is 28.1 Å². The van der Waals surface area contributed by atoms with Crippen LogP contribution in [-0.4, -0.2) is 21.4 Å². The zero-order valence-electron chi connectivity index (χ0n) is 12.9. The molecule has 0 saturated carbocycles. The van der Waals surface area contributed by atoms with Crippen molar-refractivity contribution < 1.29 is 4.79 Å². The molecule has 1 N–H and O–H groups in total. The van der Waals surface area contributed by atoms with E-state index >= 15 is 0 Å². The van der Waals surface area contributed by atoms with Crippen LogP contribution in [-0.2, 0) is 10.5 Å². The normalized spacial score (nSPS) is 10.5. The lowest BCUT2D eigenvalue weighted by molar-refractivity contribution is -0.113. The number of carbonyl (C=O) groups is 1. The van der Waals surface area contributed by atoms with Gasteiger partial charge in [-0.15, -0.1) is 11.8 Å². The first-order chi connectivity index (χ1) is 11.7. The van der Waals surface area contributed by atoms with Gasteiger partial charge < -0.3 is 5.32 Å². The van der Waals surface area contributed by atoms with Gasteiger partial charge in [-0.25, -0.2) is 4.68 Å². The van der Waals surface area contributed by atoms with Gasteiger partial charge in [-0.3, -0.25) is 4.79 Å². The topological polar surface area (TPSA) is 46.9 Å². The molecule has 122 valence electrons. The number of rotatable bonds is 6. The number of carbonyl (C=O) groups excluding carboxylic acids is 1. The Morgan fingerprint density at radius 1 is 1.12 bits per heavy atom. The number of hydrogen-bond donors (Lipinski definition) is 1. The van der Waals surface area contributed by atoms with Crippen LogP contribution < -0.4 is 5.32 Å². The third-order valence-electron chi connectivity index (χ3n) is 3.34. The van der Waals surface area contributed by atoms with E-state index in [9.17, 15) is 4.79 Å². The van der Waals surface area contributed by atoms with Crippen LogP contribution in [0, 0.1) is 0 Å². The number of halogens is 1. The second-order valence-corrected chi connectivity index (χ2v) is 7.07. The Bertz CT molecular complexity index is 786.